The minimum Gasteiger partial charge on any atom is -0.403 e. The number of nitrogens with one attached hydrogen (secondary N) is 2. The van der Waals surface area contributed by atoms with Crippen LogP contribution in [-0.4, -0.2) is 32.9 Å². The number of nitrogens with two attached hydrogens (primary N) is 1. The Hall–Kier alpha value is -2.42. The van der Waals surface area contributed by atoms with Crippen molar-refractivity contribution in [1.29, 1.82) is 0 Å². The van der Waals surface area contributed by atoms with Gasteiger partial charge < -0.3 is 11.1 Å². The van der Waals surface area contributed by atoms with E-state index in [2.05, 4.69) is 16.4 Å². The summed E-state index contributed by atoms with van der Waals surface area (Å²) in [6.07, 6.45) is 5.70. The molecule has 1 heterocycles. The molecule has 3 aliphatic rings. The zero-order chi connectivity index (χ0) is 20.6. The molecule has 1 aliphatic heterocycles. The van der Waals surface area contributed by atoms with Crippen molar-refractivity contribution in [1.82, 2.24) is 4.72 Å². The van der Waals surface area contributed by atoms with Gasteiger partial charge in [-0.25, -0.2) is 22.3 Å². The van der Waals surface area contributed by atoms with E-state index in [1.807, 2.05) is 4.72 Å². The fraction of sp³-hybridized carbons (Fsp3) is 0.500. The van der Waals surface area contributed by atoms with Gasteiger partial charge in [-0.05, 0) is 73.6 Å². The van der Waals surface area contributed by atoms with Crippen LogP contribution in [0.15, 0.2) is 22.2 Å². The van der Waals surface area contributed by atoms with Crippen LogP contribution in [0.25, 0.3) is 0 Å². The maximum atomic E-state index is 14.2. The molecule has 0 bridgehead atoms. The molecular formula is C20H25FN4O3S. The number of amides is 2. The first-order chi connectivity index (χ1) is 13.9. The number of hydrogen-bond acceptors (Lipinski definition) is 5. The predicted molar refractivity (Wildman–Crippen MR) is 110 cm³/mol. The molecule has 156 valence electrons. The van der Waals surface area contributed by atoms with Crippen LogP contribution in [-0.2, 0) is 35.7 Å². The average molecular weight is 421 g/mol. The monoisotopic (exact) mass is 420 g/mol. The van der Waals surface area contributed by atoms with Gasteiger partial charge >= 0.3 is 6.03 Å². The van der Waals surface area contributed by atoms with E-state index < -0.39 is 27.1 Å². The number of alkyl halides is 1. The summed E-state index contributed by atoms with van der Waals surface area (Å²) in [6.45, 7) is 0.330. The summed E-state index contributed by atoms with van der Waals surface area (Å²) in [5.74, 6) is 0. The van der Waals surface area contributed by atoms with Crippen LogP contribution in [0.4, 0.5) is 14.9 Å². The molecule has 4 rings (SSSR count). The maximum absolute atomic E-state index is 14.2. The van der Waals surface area contributed by atoms with Crippen molar-refractivity contribution in [3.8, 4) is 0 Å². The van der Waals surface area contributed by atoms with Crippen LogP contribution < -0.4 is 15.8 Å². The third-order valence-corrected chi connectivity index (χ3v) is 7.20. The van der Waals surface area contributed by atoms with E-state index in [9.17, 15) is 17.6 Å². The molecule has 1 atom stereocenters. The number of halogens is 1. The van der Waals surface area contributed by atoms with Crippen molar-refractivity contribution in [2.24, 2.45) is 10.7 Å². The molecule has 0 spiro atoms. The van der Waals surface area contributed by atoms with Gasteiger partial charge in [0.25, 0.3) is 10.0 Å². The maximum Gasteiger partial charge on any atom is 0.333 e. The second kappa shape index (κ2) is 7.78. The van der Waals surface area contributed by atoms with Gasteiger partial charge in [0.15, 0.2) is 0 Å². The molecule has 0 saturated carbocycles. The Kier molecular flexibility index (Phi) is 5.33. The lowest BCUT2D eigenvalue weighted by Crippen LogP contribution is -2.39. The number of rotatable bonds is 4. The number of carbonyl (C=O) groups excluding carboxylic acids is 1. The van der Waals surface area contributed by atoms with Gasteiger partial charge in [-0.15, -0.1) is 0 Å². The quantitative estimate of drug-likeness (QED) is 0.694. The molecule has 7 nitrogen and oxygen atoms in total. The van der Waals surface area contributed by atoms with E-state index in [0.29, 0.717) is 13.0 Å². The fourth-order valence-corrected chi connectivity index (χ4v) is 5.59. The van der Waals surface area contributed by atoms with Gasteiger partial charge in [-0.1, -0.05) is 6.07 Å². The topological polar surface area (TPSA) is 114 Å². The third kappa shape index (κ3) is 3.75. The van der Waals surface area contributed by atoms with Gasteiger partial charge in [-0.3, -0.25) is 4.99 Å². The van der Waals surface area contributed by atoms with Crippen molar-refractivity contribution in [2.45, 2.75) is 57.5 Å². The molecular weight excluding hydrogens is 395 g/mol. The first-order valence-corrected chi connectivity index (χ1v) is 11.5. The second-order valence-corrected chi connectivity index (χ2v) is 9.35. The highest BCUT2D eigenvalue weighted by Crippen LogP contribution is 2.38. The Morgan fingerprint density at radius 3 is 2.38 bits per heavy atom. The molecule has 0 radical (unpaired) electrons. The van der Waals surface area contributed by atoms with Crippen molar-refractivity contribution in [3.63, 3.8) is 0 Å². The summed E-state index contributed by atoms with van der Waals surface area (Å²) >= 11 is 0. The van der Waals surface area contributed by atoms with Gasteiger partial charge in [0.2, 0.25) is 0 Å². The molecule has 0 saturated heterocycles. The van der Waals surface area contributed by atoms with Crippen molar-refractivity contribution >= 4 is 27.5 Å². The van der Waals surface area contributed by atoms with Gasteiger partial charge in [0.05, 0.1) is 5.71 Å². The van der Waals surface area contributed by atoms with Crippen LogP contribution in [0.3, 0.4) is 0 Å². The summed E-state index contributed by atoms with van der Waals surface area (Å²) in [4.78, 5) is 16.1. The summed E-state index contributed by atoms with van der Waals surface area (Å²) in [6, 6.07) is 1.35. The zero-order valence-electron chi connectivity index (χ0n) is 16.1. The number of allylic oxidation sites excluding steroid dienone is 1. The van der Waals surface area contributed by atoms with E-state index >= 15 is 0 Å². The number of aryl methyl sites for hydroxylation is 2. The molecule has 2 aliphatic carbocycles. The smallest absolute Gasteiger partial charge is 0.333 e. The van der Waals surface area contributed by atoms with Crippen molar-refractivity contribution in [3.05, 3.63) is 39.4 Å². The minimum absolute atomic E-state index is 0.181. The standard InChI is InChI=1S/C20H25FN4O3S/c21-16-8-3-9-23-19(16)17(11-22)29(27,28)25-20(26)24-18-14-6-1-4-12(14)10-13-5-2-7-15(13)18/h10-11,16H,1-9,22H2,(H2,24,25,26). The highest BCUT2D eigenvalue weighted by molar-refractivity contribution is 7.95. The Balaban J connectivity index is 1.57. The Bertz CT molecular complexity index is 985. The van der Waals surface area contributed by atoms with E-state index in [0.717, 1.165) is 61.5 Å². The minimum atomic E-state index is -4.35. The van der Waals surface area contributed by atoms with Crippen LogP contribution in [0.1, 0.15) is 47.9 Å². The Morgan fingerprint density at radius 2 is 1.79 bits per heavy atom. The Labute approximate surface area is 169 Å². The normalized spacial score (nSPS) is 21.3. The van der Waals surface area contributed by atoms with E-state index in [-0.39, 0.29) is 12.1 Å². The molecule has 9 heteroatoms. The van der Waals surface area contributed by atoms with Crippen LogP contribution in [0.5, 0.6) is 0 Å². The average Bonchev–Trinajstić information content (AvgIpc) is 3.32. The van der Waals surface area contributed by atoms with E-state index in [1.54, 1.807) is 0 Å². The lowest BCUT2D eigenvalue weighted by Gasteiger charge is -2.20. The SMILES string of the molecule is NC=C(C1=NCCCC1F)S(=O)(=O)NC(=O)Nc1c2c(cc3c1CCC3)CCC2. The van der Waals surface area contributed by atoms with Crippen LogP contribution >= 0.6 is 0 Å². The number of urea groups is 1. The van der Waals surface area contributed by atoms with Crippen molar-refractivity contribution < 1.29 is 17.6 Å². The predicted octanol–water partition coefficient (Wildman–Crippen LogP) is 2.49. The van der Waals surface area contributed by atoms with E-state index in [1.165, 1.54) is 11.1 Å². The lowest BCUT2D eigenvalue weighted by atomic mass is 9.99. The molecule has 0 fully saturated rings. The number of carbonyl (C=O) groups is 1. The Morgan fingerprint density at radius 1 is 1.14 bits per heavy atom. The fourth-order valence-electron chi connectivity index (χ4n) is 4.53. The highest BCUT2D eigenvalue weighted by Gasteiger charge is 2.32. The third-order valence-electron chi connectivity index (χ3n) is 5.83. The summed E-state index contributed by atoms with van der Waals surface area (Å²) in [5.41, 5.74) is 10.6. The van der Waals surface area contributed by atoms with Gasteiger partial charge in [0, 0.05) is 18.4 Å². The molecule has 4 N–H and O–H groups in total. The van der Waals surface area contributed by atoms with E-state index in [4.69, 9.17) is 5.73 Å². The second-order valence-electron chi connectivity index (χ2n) is 7.70. The largest absolute Gasteiger partial charge is 0.403 e. The van der Waals surface area contributed by atoms with Crippen molar-refractivity contribution in [2.75, 3.05) is 11.9 Å². The number of sulfonamides is 1. The molecule has 1 aromatic rings. The number of fused-ring (bicyclic) bond motifs is 2. The summed E-state index contributed by atoms with van der Waals surface area (Å²) in [5, 5.41) is 2.76. The summed E-state index contributed by atoms with van der Waals surface area (Å²) in [7, 11) is -4.35. The van der Waals surface area contributed by atoms with Gasteiger partial charge in [-0.2, -0.15) is 0 Å². The highest BCUT2D eigenvalue weighted by atomic mass is 32.2. The molecule has 2 amide bonds. The number of hydrogen-bond donors (Lipinski definition) is 3. The molecule has 1 unspecified atom stereocenters. The molecule has 0 aromatic heterocycles. The van der Waals surface area contributed by atoms with Crippen LogP contribution in [0, 0.1) is 0 Å². The summed E-state index contributed by atoms with van der Waals surface area (Å²) < 4.78 is 41.6. The lowest BCUT2D eigenvalue weighted by molar-refractivity contribution is 0.256. The first kappa shape index (κ1) is 19.9. The number of benzene rings is 1. The molecule has 1 aromatic carbocycles. The number of anilines is 1. The first-order valence-electron chi connectivity index (χ1n) is 10.0. The van der Waals surface area contributed by atoms with Crippen LogP contribution in [0.2, 0.25) is 0 Å². The molecule has 29 heavy (non-hydrogen) atoms. The number of nitrogens with zero attached hydrogens (tertiary/aromatic N) is 1. The zero-order valence-corrected chi connectivity index (χ0v) is 16.9. The number of aliphatic imine (C=N–C) groups is 1. The van der Waals surface area contributed by atoms with Gasteiger partial charge in [0.1, 0.15) is 11.1 Å².